The van der Waals surface area contributed by atoms with E-state index in [1.807, 2.05) is 0 Å². The zero-order valence-electron chi connectivity index (χ0n) is 11.0. The number of amides is 1. The third kappa shape index (κ3) is 2.09. The molecule has 1 aliphatic carbocycles. The number of halogens is 1. The lowest BCUT2D eigenvalue weighted by Crippen LogP contribution is -2.40. The van der Waals surface area contributed by atoms with Crippen molar-refractivity contribution in [2.75, 3.05) is 13.7 Å². The van der Waals surface area contributed by atoms with Crippen molar-refractivity contribution in [3.63, 3.8) is 0 Å². The van der Waals surface area contributed by atoms with E-state index in [0.717, 1.165) is 25.8 Å². The number of hydrogen-bond donors (Lipinski definition) is 0. The maximum atomic E-state index is 13.7. The average molecular weight is 267 g/mol. The summed E-state index contributed by atoms with van der Waals surface area (Å²) in [6.07, 6.45) is 3.63. The van der Waals surface area contributed by atoms with Crippen LogP contribution in [0.4, 0.5) is 4.39 Å². The molecule has 1 aromatic rings. The molecular formula is C13H18FN3O2. The Hall–Kier alpha value is -1.59. The maximum Gasteiger partial charge on any atom is 0.261 e. The molecule has 2 heterocycles. The number of ether oxygens (including phenoxy) is 1. The summed E-state index contributed by atoms with van der Waals surface area (Å²) in [5.74, 6) is 0.328. The highest BCUT2D eigenvalue weighted by Gasteiger charge is 2.35. The first kappa shape index (κ1) is 12.4. The number of rotatable bonds is 2. The van der Waals surface area contributed by atoms with Crippen LogP contribution in [-0.2, 0) is 6.54 Å². The summed E-state index contributed by atoms with van der Waals surface area (Å²) in [6, 6.07) is -0.313. The van der Waals surface area contributed by atoms with Gasteiger partial charge < -0.3 is 9.64 Å². The molecule has 2 unspecified atom stereocenters. The van der Waals surface area contributed by atoms with Gasteiger partial charge in [0.2, 0.25) is 5.88 Å². The topological polar surface area (TPSA) is 47.4 Å². The molecule has 0 bridgehead atoms. The second-order valence-electron chi connectivity index (χ2n) is 5.22. The van der Waals surface area contributed by atoms with Crippen LogP contribution in [0.3, 0.4) is 0 Å². The van der Waals surface area contributed by atoms with Gasteiger partial charge in [-0.3, -0.25) is 4.79 Å². The number of aromatic nitrogens is 2. The molecule has 1 amide bonds. The maximum absolute atomic E-state index is 13.7. The van der Waals surface area contributed by atoms with Crippen molar-refractivity contribution < 1.29 is 13.9 Å². The molecule has 1 aliphatic heterocycles. The molecule has 0 radical (unpaired) electrons. The molecule has 2 aliphatic rings. The Morgan fingerprint density at radius 2 is 2.37 bits per heavy atom. The summed E-state index contributed by atoms with van der Waals surface area (Å²) in [4.78, 5) is 13.9. The van der Waals surface area contributed by atoms with Gasteiger partial charge >= 0.3 is 0 Å². The van der Waals surface area contributed by atoms with Crippen LogP contribution in [0.1, 0.15) is 36.0 Å². The van der Waals surface area contributed by atoms with Crippen LogP contribution in [0.5, 0.6) is 5.88 Å². The number of carbonyl (C=O) groups excluding carboxylic acids is 1. The van der Waals surface area contributed by atoms with E-state index < -0.39 is 6.17 Å². The van der Waals surface area contributed by atoms with E-state index in [0.29, 0.717) is 24.5 Å². The van der Waals surface area contributed by atoms with Crippen molar-refractivity contribution in [3.8, 4) is 5.88 Å². The van der Waals surface area contributed by atoms with Crippen molar-refractivity contribution in [2.24, 2.45) is 0 Å². The van der Waals surface area contributed by atoms with E-state index in [1.165, 1.54) is 11.1 Å². The fraction of sp³-hybridized carbons (Fsp3) is 0.692. The normalized spacial score (nSPS) is 25.8. The summed E-state index contributed by atoms with van der Waals surface area (Å²) in [7, 11) is 1.66. The molecule has 0 N–H and O–H groups in total. The van der Waals surface area contributed by atoms with Crippen LogP contribution in [0.25, 0.3) is 0 Å². The molecule has 5 nitrogen and oxygen atoms in total. The Balaban J connectivity index is 1.81. The highest BCUT2D eigenvalue weighted by molar-refractivity contribution is 5.96. The summed E-state index contributed by atoms with van der Waals surface area (Å²) >= 11 is 0. The van der Waals surface area contributed by atoms with Crippen molar-refractivity contribution >= 4 is 5.91 Å². The van der Waals surface area contributed by atoms with Gasteiger partial charge in [0, 0.05) is 20.0 Å². The zero-order valence-corrected chi connectivity index (χ0v) is 11.0. The van der Waals surface area contributed by atoms with Gasteiger partial charge in [-0.15, -0.1) is 0 Å². The first-order valence-electron chi connectivity index (χ1n) is 6.78. The standard InChI is InChI=1S/C13H18FN3O2/c1-16(11-5-2-4-10(11)14)12(18)9-8-15-17-6-3-7-19-13(9)17/h8,10-11H,2-7H2,1H3. The lowest BCUT2D eigenvalue weighted by atomic mass is 10.1. The van der Waals surface area contributed by atoms with Gasteiger partial charge in [0.15, 0.2) is 0 Å². The number of fused-ring (bicyclic) bond motifs is 1. The molecule has 0 saturated heterocycles. The summed E-state index contributed by atoms with van der Waals surface area (Å²) in [5.41, 5.74) is 0.446. The lowest BCUT2D eigenvalue weighted by molar-refractivity contribution is 0.0661. The number of alkyl halides is 1. The van der Waals surface area contributed by atoms with Crippen LogP contribution < -0.4 is 4.74 Å². The molecule has 1 aromatic heterocycles. The van der Waals surface area contributed by atoms with E-state index in [2.05, 4.69) is 5.10 Å². The minimum absolute atomic E-state index is 0.197. The van der Waals surface area contributed by atoms with Gasteiger partial charge in [0.05, 0.1) is 18.8 Å². The SMILES string of the molecule is CN(C(=O)c1cnn2c1OCCC2)C1CCCC1F. The van der Waals surface area contributed by atoms with E-state index in [-0.39, 0.29) is 11.9 Å². The molecule has 0 aromatic carbocycles. The largest absolute Gasteiger partial charge is 0.477 e. The van der Waals surface area contributed by atoms with Crippen LogP contribution in [0.2, 0.25) is 0 Å². The Bertz CT molecular complexity index is 488. The number of carbonyl (C=O) groups is 1. The fourth-order valence-corrected chi connectivity index (χ4v) is 2.89. The first-order chi connectivity index (χ1) is 9.18. The van der Waals surface area contributed by atoms with Gasteiger partial charge in [0.25, 0.3) is 5.91 Å². The Kier molecular flexibility index (Phi) is 3.16. The smallest absolute Gasteiger partial charge is 0.261 e. The molecule has 104 valence electrons. The van der Waals surface area contributed by atoms with E-state index in [1.54, 1.807) is 11.7 Å². The minimum Gasteiger partial charge on any atom is -0.477 e. The Morgan fingerprint density at radius 3 is 3.11 bits per heavy atom. The van der Waals surface area contributed by atoms with Gasteiger partial charge in [-0.25, -0.2) is 9.07 Å². The van der Waals surface area contributed by atoms with Gasteiger partial charge in [-0.2, -0.15) is 5.10 Å². The summed E-state index contributed by atoms with van der Waals surface area (Å²) in [5, 5.41) is 4.16. The van der Waals surface area contributed by atoms with Crippen molar-refractivity contribution in [2.45, 2.75) is 44.4 Å². The van der Waals surface area contributed by atoms with E-state index in [4.69, 9.17) is 4.74 Å². The lowest BCUT2D eigenvalue weighted by Gasteiger charge is -2.26. The van der Waals surface area contributed by atoms with Crippen molar-refractivity contribution in [1.82, 2.24) is 14.7 Å². The predicted octanol–water partition coefficient (Wildman–Crippen LogP) is 1.63. The third-order valence-electron chi connectivity index (χ3n) is 3.99. The van der Waals surface area contributed by atoms with Crippen LogP contribution in [0.15, 0.2) is 6.20 Å². The van der Waals surface area contributed by atoms with Gasteiger partial charge in [-0.05, 0) is 19.3 Å². The fourth-order valence-electron chi connectivity index (χ4n) is 2.89. The monoisotopic (exact) mass is 267 g/mol. The van der Waals surface area contributed by atoms with Crippen molar-refractivity contribution in [1.29, 1.82) is 0 Å². The first-order valence-corrected chi connectivity index (χ1v) is 6.78. The molecule has 0 spiro atoms. The Morgan fingerprint density at radius 1 is 1.53 bits per heavy atom. The van der Waals surface area contributed by atoms with Gasteiger partial charge in [-0.1, -0.05) is 0 Å². The van der Waals surface area contributed by atoms with E-state index >= 15 is 0 Å². The molecule has 19 heavy (non-hydrogen) atoms. The van der Waals surface area contributed by atoms with Crippen molar-refractivity contribution in [3.05, 3.63) is 11.8 Å². The quantitative estimate of drug-likeness (QED) is 0.818. The molecule has 1 saturated carbocycles. The molecule has 6 heteroatoms. The second kappa shape index (κ2) is 4.83. The molecular weight excluding hydrogens is 249 g/mol. The second-order valence-corrected chi connectivity index (χ2v) is 5.22. The minimum atomic E-state index is -0.915. The predicted molar refractivity (Wildman–Crippen MR) is 67.0 cm³/mol. The summed E-state index contributed by atoms with van der Waals surface area (Å²) in [6.45, 7) is 1.37. The molecule has 2 atom stereocenters. The highest BCUT2D eigenvalue weighted by Crippen LogP contribution is 2.29. The summed E-state index contributed by atoms with van der Waals surface area (Å²) < 4.78 is 20.9. The van der Waals surface area contributed by atoms with Crippen LogP contribution in [-0.4, -0.2) is 46.5 Å². The van der Waals surface area contributed by atoms with Crippen LogP contribution >= 0.6 is 0 Å². The third-order valence-corrected chi connectivity index (χ3v) is 3.99. The molecule has 3 rings (SSSR count). The number of aryl methyl sites for hydroxylation is 1. The Labute approximate surface area is 111 Å². The molecule has 1 fully saturated rings. The van der Waals surface area contributed by atoms with Crippen LogP contribution in [0, 0.1) is 0 Å². The number of hydrogen-bond acceptors (Lipinski definition) is 3. The zero-order chi connectivity index (χ0) is 13.4. The average Bonchev–Trinajstić information content (AvgIpc) is 3.03. The van der Waals surface area contributed by atoms with Gasteiger partial charge in [0.1, 0.15) is 11.7 Å². The highest BCUT2D eigenvalue weighted by atomic mass is 19.1. The number of nitrogens with zero attached hydrogens (tertiary/aromatic N) is 3. The van der Waals surface area contributed by atoms with E-state index in [9.17, 15) is 9.18 Å².